The Balaban J connectivity index is 1.52. The van der Waals surface area contributed by atoms with Crippen LogP contribution in [0.1, 0.15) is 18.4 Å². The van der Waals surface area contributed by atoms with Gasteiger partial charge in [0.05, 0.1) is 18.2 Å². The van der Waals surface area contributed by atoms with Crippen LogP contribution in [0.25, 0.3) is 0 Å². The van der Waals surface area contributed by atoms with Crippen LogP contribution in [0.15, 0.2) is 24.3 Å². The van der Waals surface area contributed by atoms with E-state index >= 15 is 0 Å². The number of nitrogens with zero attached hydrogens (tertiary/aromatic N) is 2. The van der Waals surface area contributed by atoms with E-state index < -0.39 is 30.1 Å². The Labute approximate surface area is 136 Å². The Hall–Kier alpha value is -2.30. The van der Waals surface area contributed by atoms with Gasteiger partial charge in [-0.05, 0) is 37.1 Å². The quantitative estimate of drug-likeness (QED) is 0.860. The summed E-state index contributed by atoms with van der Waals surface area (Å²) in [5, 5.41) is 11.6. The number of piperidine rings is 1. The summed E-state index contributed by atoms with van der Waals surface area (Å²) >= 11 is 0. The van der Waals surface area contributed by atoms with E-state index in [9.17, 15) is 22.4 Å². The van der Waals surface area contributed by atoms with E-state index in [4.69, 9.17) is 5.26 Å². The maximum Gasteiger partial charge on any atom is 0.322 e. The van der Waals surface area contributed by atoms with Crippen molar-refractivity contribution in [1.29, 1.82) is 5.26 Å². The molecule has 1 aliphatic carbocycles. The molecule has 128 valence electrons. The van der Waals surface area contributed by atoms with Crippen molar-refractivity contribution in [2.45, 2.75) is 24.7 Å². The van der Waals surface area contributed by atoms with Crippen LogP contribution in [0.4, 0.5) is 23.2 Å². The van der Waals surface area contributed by atoms with Crippen LogP contribution in [0.3, 0.4) is 0 Å². The van der Waals surface area contributed by atoms with Gasteiger partial charge in [-0.15, -0.1) is 0 Å². The molecule has 1 aromatic rings. The molecule has 1 N–H and O–H groups in total. The van der Waals surface area contributed by atoms with Crippen molar-refractivity contribution >= 4 is 11.6 Å². The summed E-state index contributed by atoms with van der Waals surface area (Å²) < 4.78 is 53.3. The van der Waals surface area contributed by atoms with Crippen molar-refractivity contribution in [2.75, 3.05) is 25.0 Å². The van der Waals surface area contributed by atoms with E-state index in [1.54, 1.807) is 24.3 Å². The number of likely N-dealkylation sites (tertiary alicyclic amines) is 1. The molecular weight excluding hydrogens is 326 g/mol. The van der Waals surface area contributed by atoms with Gasteiger partial charge in [-0.1, -0.05) is 0 Å². The van der Waals surface area contributed by atoms with Crippen LogP contribution in [-0.2, 0) is 4.79 Å². The predicted octanol–water partition coefficient (Wildman–Crippen LogP) is 2.86. The highest BCUT2D eigenvalue weighted by molar-refractivity contribution is 5.81. The molecule has 0 unspecified atom stereocenters. The fourth-order valence-corrected chi connectivity index (χ4v) is 3.24. The fourth-order valence-electron chi connectivity index (χ4n) is 3.24. The third-order valence-electron chi connectivity index (χ3n) is 4.96. The van der Waals surface area contributed by atoms with Crippen LogP contribution in [0.2, 0.25) is 0 Å². The van der Waals surface area contributed by atoms with Crippen molar-refractivity contribution in [3.8, 4) is 6.07 Å². The molecule has 0 radical (unpaired) electrons. The maximum atomic E-state index is 13.3. The molecule has 2 fully saturated rings. The number of hydrogen-bond donors (Lipinski definition) is 1. The molecule has 1 saturated heterocycles. The van der Waals surface area contributed by atoms with Crippen molar-refractivity contribution in [2.24, 2.45) is 5.41 Å². The Morgan fingerprint density at radius 3 is 2.12 bits per heavy atom. The Kier molecular flexibility index (Phi) is 3.70. The van der Waals surface area contributed by atoms with E-state index in [-0.39, 0.29) is 25.5 Å². The van der Waals surface area contributed by atoms with Crippen LogP contribution >= 0.6 is 0 Å². The third kappa shape index (κ3) is 2.22. The van der Waals surface area contributed by atoms with Crippen molar-refractivity contribution in [1.82, 2.24) is 4.90 Å². The second kappa shape index (κ2) is 5.36. The van der Waals surface area contributed by atoms with Crippen molar-refractivity contribution in [3.05, 3.63) is 29.8 Å². The number of carbonyl (C=O) groups excluding carboxylic acids is 1. The minimum atomic E-state index is -3.96. The number of alkyl halides is 4. The first-order chi connectivity index (χ1) is 11.2. The highest BCUT2D eigenvalue weighted by Gasteiger charge is 2.95. The van der Waals surface area contributed by atoms with Gasteiger partial charge in [0.15, 0.2) is 0 Å². The first-order valence-corrected chi connectivity index (χ1v) is 7.53. The summed E-state index contributed by atoms with van der Waals surface area (Å²) in [6.07, 6.45) is -0.786. The maximum absolute atomic E-state index is 13.3. The molecule has 1 aromatic carbocycles. The minimum Gasteiger partial charge on any atom is -0.376 e. The average Bonchev–Trinajstić information content (AvgIpc) is 2.91. The van der Waals surface area contributed by atoms with E-state index in [1.165, 1.54) is 4.90 Å². The van der Waals surface area contributed by atoms with Gasteiger partial charge in [0, 0.05) is 18.8 Å². The molecule has 8 heteroatoms. The number of rotatable bonds is 3. The Morgan fingerprint density at radius 2 is 1.67 bits per heavy atom. The number of amides is 1. The number of hydrogen-bond acceptors (Lipinski definition) is 3. The zero-order valence-electron chi connectivity index (χ0n) is 12.7. The largest absolute Gasteiger partial charge is 0.376 e. The van der Waals surface area contributed by atoms with Gasteiger partial charge in [0.25, 0.3) is 0 Å². The molecule has 0 aromatic heterocycles. The lowest BCUT2D eigenvalue weighted by Gasteiger charge is -2.31. The molecular formula is C16H15F4N3O. The van der Waals surface area contributed by atoms with E-state index in [2.05, 4.69) is 5.32 Å². The van der Waals surface area contributed by atoms with Crippen LogP contribution in [0, 0.1) is 16.7 Å². The summed E-state index contributed by atoms with van der Waals surface area (Å²) in [6, 6.07) is 8.44. The third-order valence-corrected chi connectivity index (χ3v) is 4.96. The normalized spacial score (nSPS) is 22.7. The number of carbonyl (C=O) groups is 1. The number of halogens is 4. The summed E-state index contributed by atoms with van der Waals surface area (Å²) in [6.45, 7) is -0.260. The minimum absolute atomic E-state index is 0.0638. The fraction of sp³-hybridized carbons (Fsp3) is 0.500. The van der Waals surface area contributed by atoms with Gasteiger partial charge in [-0.25, -0.2) is 0 Å². The number of anilines is 1. The molecule has 1 saturated carbocycles. The highest BCUT2D eigenvalue weighted by atomic mass is 19.3. The molecule has 2 aliphatic rings. The number of nitriles is 1. The van der Waals surface area contributed by atoms with Crippen molar-refractivity contribution < 1.29 is 22.4 Å². The van der Waals surface area contributed by atoms with E-state index in [0.29, 0.717) is 11.3 Å². The van der Waals surface area contributed by atoms with E-state index in [0.717, 1.165) is 0 Å². The van der Waals surface area contributed by atoms with Crippen molar-refractivity contribution in [3.63, 3.8) is 0 Å². The Bertz CT molecular complexity index is 672. The van der Waals surface area contributed by atoms with Gasteiger partial charge < -0.3 is 10.2 Å². The summed E-state index contributed by atoms with van der Waals surface area (Å²) in [7, 11) is 0. The van der Waals surface area contributed by atoms with Gasteiger partial charge in [0.2, 0.25) is 5.91 Å². The molecule has 1 spiro atoms. The predicted molar refractivity (Wildman–Crippen MR) is 77.8 cm³/mol. The second-order valence-electron chi connectivity index (χ2n) is 6.15. The zero-order chi connectivity index (χ0) is 17.6. The lowest BCUT2D eigenvalue weighted by Crippen LogP contribution is -2.43. The summed E-state index contributed by atoms with van der Waals surface area (Å²) in [5.74, 6) is -8.26. The first-order valence-electron chi connectivity index (χ1n) is 7.53. The smallest absolute Gasteiger partial charge is 0.322 e. The molecule has 1 heterocycles. The lowest BCUT2D eigenvalue weighted by molar-refractivity contribution is -0.131. The molecule has 3 rings (SSSR count). The molecule has 24 heavy (non-hydrogen) atoms. The molecule has 0 bridgehead atoms. The summed E-state index contributed by atoms with van der Waals surface area (Å²) in [5.41, 5.74) is -1.15. The number of benzene rings is 1. The Morgan fingerprint density at radius 1 is 1.12 bits per heavy atom. The van der Waals surface area contributed by atoms with Gasteiger partial charge >= 0.3 is 11.8 Å². The van der Waals surface area contributed by atoms with Crippen LogP contribution in [-0.4, -0.2) is 42.3 Å². The van der Waals surface area contributed by atoms with Crippen LogP contribution < -0.4 is 5.32 Å². The summed E-state index contributed by atoms with van der Waals surface area (Å²) in [4.78, 5) is 13.4. The standard InChI is InChI=1S/C16H15F4N3O/c17-15(18)14(16(15,19)20)5-7-23(8-6-14)13(24)10-22-12-3-1-11(9-21)2-4-12/h1-4,22H,5-8,10H2. The molecule has 1 aliphatic heterocycles. The van der Waals surface area contributed by atoms with E-state index in [1.807, 2.05) is 6.07 Å². The zero-order valence-corrected chi connectivity index (χ0v) is 12.7. The van der Waals surface area contributed by atoms with Gasteiger partial charge in [0.1, 0.15) is 5.41 Å². The van der Waals surface area contributed by atoms with Gasteiger partial charge in [-0.3, -0.25) is 4.79 Å². The SMILES string of the molecule is N#Cc1ccc(NCC(=O)N2CCC3(CC2)C(F)(F)C3(F)F)cc1. The monoisotopic (exact) mass is 341 g/mol. The van der Waals surface area contributed by atoms with Crippen LogP contribution in [0.5, 0.6) is 0 Å². The average molecular weight is 341 g/mol. The topological polar surface area (TPSA) is 56.1 Å². The molecule has 4 nitrogen and oxygen atoms in total. The number of nitrogens with one attached hydrogen (secondary N) is 1. The first kappa shape index (κ1) is 16.6. The molecule has 1 amide bonds. The lowest BCUT2D eigenvalue weighted by atomic mass is 9.92. The van der Waals surface area contributed by atoms with Gasteiger partial charge in [-0.2, -0.15) is 22.8 Å². The second-order valence-corrected chi connectivity index (χ2v) is 6.15. The molecule has 0 atom stereocenters. The highest BCUT2D eigenvalue weighted by Crippen LogP contribution is 2.76.